The number of halogens is 2. The maximum atomic E-state index is 12.4. The molecular weight excluding hydrogens is 224 g/mol. The summed E-state index contributed by atoms with van der Waals surface area (Å²) in [5, 5.41) is 13.1. The monoisotopic (exact) mass is 241 g/mol. The first-order valence-electron chi connectivity index (χ1n) is 6.00. The number of nitrogens with one attached hydrogen (secondary N) is 1. The molecule has 1 heterocycles. The minimum atomic E-state index is -2.53. The molecule has 0 spiro atoms. The summed E-state index contributed by atoms with van der Waals surface area (Å²) in [5.41, 5.74) is 0.622. The lowest BCUT2D eigenvalue weighted by Crippen LogP contribution is -2.35. The van der Waals surface area contributed by atoms with E-state index in [9.17, 15) is 13.9 Å². The van der Waals surface area contributed by atoms with Crippen molar-refractivity contribution in [2.75, 3.05) is 6.54 Å². The zero-order chi connectivity index (χ0) is 12.3. The minimum Gasteiger partial charge on any atom is -0.508 e. The number of hydrogen-bond acceptors (Lipinski definition) is 2. The molecule has 1 saturated heterocycles. The summed E-state index contributed by atoms with van der Waals surface area (Å²) in [6.07, 6.45) is 1.63. The fraction of sp³-hybridized carbons (Fsp3) is 0.538. The number of alkyl halides is 2. The fourth-order valence-corrected chi connectivity index (χ4v) is 2.25. The van der Waals surface area contributed by atoms with Crippen molar-refractivity contribution in [3.63, 3.8) is 0 Å². The molecule has 2 N–H and O–H groups in total. The van der Waals surface area contributed by atoms with Gasteiger partial charge in [-0.1, -0.05) is 18.6 Å². The van der Waals surface area contributed by atoms with E-state index >= 15 is 0 Å². The van der Waals surface area contributed by atoms with Crippen LogP contribution in [0.3, 0.4) is 0 Å². The molecule has 94 valence electrons. The SMILES string of the molecule is Oc1cc(C(F)F)ccc1CC1CCCCN1. The van der Waals surface area contributed by atoms with Crippen LogP contribution in [-0.4, -0.2) is 17.7 Å². The van der Waals surface area contributed by atoms with Crippen LogP contribution >= 0.6 is 0 Å². The topological polar surface area (TPSA) is 32.3 Å². The number of phenols is 1. The largest absolute Gasteiger partial charge is 0.508 e. The molecule has 17 heavy (non-hydrogen) atoms. The molecule has 1 unspecified atom stereocenters. The summed E-state index contributed by atoms with van der Waals surface area (Å²) in [6.45, 7) is 1.00. The van der Waals surface area contributed by atoms with Gasteiger partial charge in [-0.2, -0.15) is 0 Å². The van der Waals surface area contributed by atoms with Gasteiger partial charge in [0.1, 0.15) is 5.75 Å². The van der Waals surface area contributed by atoms with E-state index < -0.39 is 6.43 Å². The van der Waals surface area contributed by atoms with Crippen LogP contribution in [0.5, 0.6) is 5.75 Å². The highest BCUT2D eigenvalue weighted by molar-refractivity contribution is 5.37. The molecule has 1 aromatic rings. The predicted molar refractivity (Wildman–Crippen MR) is 62.4 cm³/mol. The number of piperidine rings is 1. The van der Waals surface area contributed by atoms with Crippen LogP contribution in [0.4, 0.5) is 8.78 Å². The maximum absolute atomic E-state index is 12.4. The van der Waals surface area contributed by atoms with Gasteiger partial charge in [-0.05, 0) is 37.4 Å². The molecule has 0 aromatic heterocycles. The Bertz CT molecular complexity index is 376. The van der Waals surface area contributed by atoms with Gasteiger partial charge in [-0.3, -0.25) is 0 Å². The quantitative estimate of drug-likeness (QED) is 0.852. The van der Waals surface area contributed by atoms with Crippen molar-refractivity contribution in [3.05, 3.63) is 29.3 Å². The van der Waals surface area contributed by atoms with Crippen molar-refractivity contribution in [3.8, 4) is 5.75 Å². The van der Waals surface area contributed by atoms with Crippen molar-refractivity contribution >= 4 is 0 Å². The summed E-state index contributed by atoms with van der Waals surface area (Å²) < 4.78 is 24.8. The first kappa shape index (κ1) is 12.3. The van der Waals surface area contributed by atoms with Crippen molar-refractivity contribution in [1.29, 1.82) is 0 Å². The first-order valence-corrected chi connectivity index (χ1v) is 6.00. The Morgan fingerprint density at radius 2 is 2.18 bits per heavy atom. The summed E-state index contributed by atoms with van der Waals surface area (Å²) in [6, 6.07) is 4.52. The number of hydrogen-bond donors (Lipinski definition) is 2. The lowest BCUT2D eigenvalue weighted by Gasteiger charge is -2.23. The zero-order valence-electron chi connectivity index (χ0n) is 9.63. The Morgan fingerprint density at radius 3 is 2.76 bits per heavy atom. The molecule has 0 amide bonds. The van der Waals surface area contributed by atoms with Gasteiger partial charge in [0.25, 0.3) is 6.43 Å². The van der Waals surface area contributed by atoms with Gasteiger partial charge in [0, 0.05) is 11.6 Å². The van der Waals surface area contributed by atoms with E-state index in [1.54, 1.807) is 6.07 Å². The Kier molecular flexibility index (Phi) is 3.94. The Hall–Kier alpha value is -1.16. The number of benzene rings is 1. The molecule has 0 aliphatic carbocycles. The van der Waals surface area contributed by atoms with E-state index in [0.717, 1.165) is 18.5 Å². The molecular formula is C13H17F2NO. The normalized spacial score (nSPS) is 20.8. The standard InChI is InChI=1S/C13H17F2NO/c14-13(15)10-5-4-9(12(17)8-10)7-11-3-1-2-6-16-11/h4-5,8,11,13,16-17H,1-3,6-7H2. The van der Waals surface area contributed by atoms with Crippen LogP contribution in [0, 0.1) is 0 Å². The van der Waals surface area contributed by atoms with Crippen LogP contribution in [0.25, 0.3) is 0 Å². The van der Waals surface area contributed by atoms with Crippen molar-refractivity contribution in [1.82, 2.24) is 5.32 Å². The van der Waals surface area contributed by atoms with E-state index in [1.165, 1.54) is 25.0 Å². The Labute approximate surface area is 99.7 Å². The number of rotatable bonds is 3. The molecule has 1 aliphatic rings. The average Bonchev–Trinajstić information content (AvgIpc) is 2.33. The van der Waals surface area contributed by atoms with Gasteiger partial charge in [0.15, 0.2) is 0 Å². The Morgan fingerprint density at radius 1 is 1.35 bits per heavy atom. The second-order valence-corrected chi connectivity index (χ2v) is 4.54. The van der Waals surface area contributed by atoms with E-state index in [0.29, 0.717) is 12.5 Å². The third-order valence-electron chi connectivity index (χ3n) is 3.24. The molecule has 1 aromatic carbocycles. The lowest BCUT2D eigenvalue weighted by molar-refractivity contribution is 0.151. The van der Waals surface area contributed by atoms with Gasteiger partial charge < -0.3 is 10.4 Å². The highest BCUT2D eigenvalue weighted by Gasteiger charge is 2.16. The molecule has 1 fully saturated rings. The average molecular weight is 241 g/mol. The van der Waals surface area contributed by atoms with E-state index in [-0.39, 0.29) is 11.3 Å². The summed E-state index contributed by atoms with van der Waals surface area (Å²) >= 11 is 0. The van der Waals surface area contributed by atoms with E-state index in [4.69, 9.17) is 0 Å². The molecule has 0 saturated carbocycles. The van der Waals surface area contributed by atoms with Gasteiger partial charge in [-0.15, -0.1) is 0 Å². The molecule has 4 heteroatoms. The van der Waals surface area contributed by atoms with Gasteiger partial charge in [-0.25, -0.2) is 8.78 Å². The molecule has 0 radical (unpaired) electrons. The van der Waals surface area contributed by atoms with Crippen LogP contribution in [0.2, 0.25) is 0 Å². The summed E-state index contributed by atoms with van der Waals surface area (Å²) in [7, 11) is 0. The molecule has 1 atom stereocenters. The van der Waals surface area contributed by atoms with Crippen molar-refractivity contribution in [2.24, 2.45) is 0 Å². The summed E-state index contributed by atoms with van der Waals surface area (Å²) in [5.74, 6) is -0.0184. The smallest absolute Gasteiger partial charge is 0.263 e. The Balaban J connectivity index is 2.05. The number of aromatic hydroxyl groups is 1. The zero-order valence-corrected chi connectivity index (χ0v) is 9.63. The third kappa shape index (κ3) is 3.16. The van der Waals surface area contributed by atoms with E-state index in [2.05, 4.69) is 5.32 Å². The minimum absolute atomic E-state index is 0.0184. The molecule has 1 aliphatic heterocycles. The second-order valence-electron chi connectivity index (χ2n) is 4.54. The van der Waals surface area contributed by atoms with Crippen LogP contribution < -0.4 is 5.32 Å². The predicted octanol–water partition coefficient (Wildman–Crippen LogP) is 3.01. The summed E-state index contributed by atoms with van der Waals surface area (Å²) in [4.78, 5) is 0. The highest BCUT2D eigenvalue weighted by Crippen LogP contribution is 2.27. The lowest BCUT2D eigenvalue weighted by atomic mass is 9.96. The van der Waals surface area contributed by atoms with Crippen LogP contribution in [0.1, 0.15) is 36.8 Å². The van der Waals surface area contributed by atoms with Gasteiger partial charge in [0.05, 0.1) is 0 Å². The maximum Gasteiger partial charge on any atom is 0.263 e. The fourth-order valence-electron chi connectivity index (χ4n) is 2.25. The second kappa shape index (κ2) is 5.45. The van der Waals surface area contributed by atoms with Crippen molar-refractivity contribution in [2.45, 2.75) is 38.2 Å². The molecule has 2 rings (SSSR count). The first-order chi connectivity index (χ1) is 8.16. The number of phenolic OH excluding ortho intramolecular Hbond substituents is 1. The van der Waals surface area contributed by atoms with E-state index in [1.807, 2.05) is 0 Å². The highest BCUT2D eigenvalue weighted by atomic mass is 19.3. The van der Waals surface area contributed by atoms with Gasteiger partial charge >= 0.3 is 0 Å². The van der Waals surface area contributed by atoms with Crippen LogP contribution in [-0.2, 0) is 6.42 Å². The molecule has 0 bridgehead atoms. The van der Waals surface area contributed by atoms with Gasteiger partial charge in [0.2, 0.25) is 0 Å². The van der Waals surface area contributed by atoms with Crippen LogP contribution in [0.15, 0.2) is 18.2 Å². The van der Waals surface area contributed by atoms with Crippen molar-refractivity contribution < 1.29 is 13.9 Å². The third-order valence-corrected chi connectivity index (χ3v) is 3.24. The molecule has 2 nitrogen and oxygen atoms in total.